The molecule has 3 aromatic rings. The third-order valence-electron chi connectivity index (χ3n) is 3.97. The van der Waals surface area contributed by atoms with Crippen molar-refractivity contribution < 1.29 is 14.7 Å². The van der Waals surface area contributed by atoms with Crippen molar-refractivity contribution in [1.82, 2.24) is 9.55 Å². The predicted octanol–water partition coefficient (Wildman–Crippen LogP) is 3.80. The van der Waals surface area contributed by atoms with Crippen molar-refractivity contribution in [3.05, 3.63) is 79.8 Å². The second-order valence-electron chi connectivity index (χ2n) is 6.01. The number of hydrogen-bond donors (Lipinski definition) is 1. The Morgan fingerprint density at radius 1 is 1.25 bits per heavy atom. The molecule has 0 atom stereocenters. The van der Waals surface area contributed by atoms with Crippen molar-refractivity contribution in [2.24, 2.45) is 7.05 Å². The fraction of sp³-hybridized carbons (Fsp3) is 0.100. The Hall–Kier alpha value is -3.03. The van der Waals surface area contributed by atoms with Gasteiger partial charge in [-0.2, -0.15) is 0 Å². The molecule has 0 saturated heterocycles. The van der Waals surface area contributed by atoms with Gasteiger partial charge in [0.15, 0.2) is 0 Å². The Bertz CT molecular complexity index is 1160. The average molecular weight is 415 g/mol. The van der Waals surface area contributed by atoms with Gasteiger partial charge in [-0.25, -0.2) is 9.78 Å². The quantitative estimate of drug-likeness (QED) is 0.506. The second-order valence-corrected chi connectivity index (χ2v) is 7.65. The summed E-state index contributed by atoms with van der Waals surface area (Å²) in [6.07, 6.45) is 3.87. The molecule has 0 bridgehead atoms. The van der Waals surface area contributed by atoms with Crippen LogP contribution in [-0.4, -0.2) is 26.4 Å². The van der Waals surface area contributed by atoms with Crippen molar-refractivity contribution >= 4 is 40.8 Å². The van der Waals surface area contributed by atoms with Crippen LogP contribution in [0.1, 0.15) is 26.6 Å². The molecule has 0 amide bonds. The average Bonchev–Trinajstić information content (AvgIpc) is 3.03. The minimum absolute atomic E-state index is 0.244. The number of carbonyl (C=O) groups excluding carboxylic acids is 1. The number of aryl methyl sites for hydroxylation is 2. The van der Waals surface area contributed by atoms with E-state index in [-0.39, 0.29) is 17.0 Å². The fourth-order valence-corrected chi connectivity index (χ4v) is 3.71. The molecule has 0 unspecified atom stereocenters. The third kappa shape index (κ3) is 4.11. The summed E-state index contributed by atoms with van der Waals surface area (Å²) in [5, 5.41) is 10.1. The van der Waals surface area contributed by atoms with Crippen LogP contribution in [0.3, 0.4) is 0 Å². The molecule has 6 nitrogen and oxygen atoms in total. The number of carbonyl (C=O) groups is 2. The molecule has 0 spiro atoms. The number of thiazole rings is 1. The molecule has 0 saturated carbocycles. The van der Waals surface area contributed by atoms with E-state index in [4.69, 9.17) is 16.7 Å². The maximum Gasteiger partial charge on any atom is 0.328 e. The number of rotatable bonds is 5. The molecule has 1 N–H and O–H groups in total. The molecular weight excluding hydrogens is 400 g/mol. The molecule has 2 aromatic heterocycles. The van der Waals surface area contributed by atoms with E-state index in [1.807, 2.05) is 0 Å². The van der Waals surface area contributed by atoms with Crippen molar-refractivity contribution in [3.8, 4) is 10.4 Å². The van der Waals surface area contributed by atoms with Crippen molar-refractivity contribution in [1.29, 1.82) is 0 Å². The first-order chi connectivity index (χ1) is 13.3. The van der Waals surface area contributed by atoms with Gasteiger partial charge >= 0.3 is 5.97 Å². The van der Waals surface area contributed by atoms with Gasteiger partial charge in [0.2, 0.25) is 5.78 Å². The molecule has 0 aliphatic rings. The Morgan fingerprint density at radius 2 is 1.93 bits per heavy atom. The number of aliphatic carboxylic acids is 1. The van der Waals surface area contributed by atoms with Crippen LogP contribution in [0.25, 0.3) is 16.5 Å². The number of pyridine rings is 1. The van der Waals surface area contributed by atoms with Gasteiger partial charge in [-0.15, -0.1) is 11.3 Å². The summed E-state index contributed by atoms with van der Waals surface area (Å²) in [6.45, 7) is 1.78. The normalized spacial score (nSPS) is 11.1. The molecule has 8 heteroatoms. The highest BCUT2D eigenvalue weighted by Gasteiger charge is 2.22. The predicted molar refractivity (Wildman–Crippen MR) is 109 cm³/mol. The molecular formula is C20H15ClN2O4S. The Morgan fingerprint density at radius 3 is 2.57 bits per heavy atom. The maximum atomic E-state index is 13.0. The van der Waals surface area contributed by atoms with Gasteiger partial charge in [0.25, 0.3) is 5.56 Å². The second kappa shape index (κ2) is 7.92. The lowest BCUT2D eigenvalue weighted by molar-refractivity contribution is -0.131. The van der Waals surface area contributed by atoms with Crippen molar-refractivity contribution in [2.75, 3.05) is 0 Å². The zero-order valence-corrected chi connectivity index (χ0v) is 16.5. The van der Waals surface area contributed by atoms with Gasteiger partial charge in [0.05, 0.1) is 9.88 Å². The zero-order valence-electron chi connectivity index (χ0n) is 15.0. The molecule has 0 fully saturated rings. The number of carboxylic acid groups (broad SMARTS) is 1. The third-order valence-corrected chi connectivity index (χ3v) is 5.22. The van der Waals surface area contributed by atoms with Crippen molar-refractivity contribution in [3.63, 3.8) is 0 Å². The van der Waals surface area contributed by atoms with Crippen LogP contribution in [0, 0.1) is 6.92 Å². The summed E-state index contributed by atoms with van der Waals surface area (Å²) in [7, 11) is 1.59. The van der Waals surface area contributed by atoms with Gasteiger partial charge in [-0.1, -0.05) is 11.6 Å². The van der Waals surface area contributed by atoms with Gasteiger partial charge in [0, 0.05) is 41.5 Å². The van der Waals surface area contributed by atoms with E-state index in [0.29, 0.717) is 31.6 Å². The monoisotopic (exact) mass is 414 g/mol. The molecule has 1 aromatic carbocycles. The topological polar surface area (TPSA) is 89.3 Å². The number of hydrogen-bond acceptors (Lipinski definition) is 5. The smallest absolute Gasteiger partial charge is 0.328 e. The van der Waals surface area contributed by atoms with Crippen LogP contribution in [-0.2, 0) is 11.8 Å². The highest BCUT2D eigenvalue weighted by Crippen LogP contribution is 2.34. The molecule has 0 radical (unpaired) electrons. The largest absolute Gasteiger partial charge is 0.478 e. The molecule has 142 valence electrons. The van der Waals surface area contributed by atoms with Gasteiger partial charge in [-0.3, -0.25) is 9.59 Å². The van der Waals surface area contributed by atoms with Crippen LogP contribution in [0.4, 0.5) is 0 Å². The number of nitrogens with zero attached hydrogens (tertiary/aromatic N) is 2. The summed E-state index contributed by atoms with van der Waals surface area (Å²) < 4.78 is 1.37. The summed E-state index contributed by atoms with van der Waals surface area (Å²) in [6, 6.07) is 7.83. The summed E-state index contributed by atoms with van der Waals surface area (Å²) >= 11 is 7.20. The summed E-state index contributed by atoms with van der Waals surface area (Å²) in [5.74, 6) is -1.41. The first-order valence-corrected chi connectivity index (χ1v) is 9.35. The maximum absolute atomic E-state index is 13.0. The van der Waals surface area contributed by atoms with Gasteiger partial charge in [0.1, 0.15) is 5.69 Å². The number of aromatic nitrogens is 2. The minimum Gasteiger partial charge on any atom is -0.478 e. The number of halogens is 1. The lowest BCUT2D eigenvalue weighted by Crippen LogP contribution is -2.16. The molecule has 0 aliphatic carbocycles. The van der Waals surface area contributed by atoms with E-state index >= 15 is 0 Å². The summed E-state index contributed by atoms with van der Waals surface area (Å²) in [4.78, 5) is 40.9. The van der Waals surface area contributed by atoms with Crippen LogP contribution >= 0.6 is 22.9 Å². The Balaban J connectivity index is 2.19. The van der Waals surface area contributed by atoms with E-state index in [2.05, 4.69) is 4.98 Å². The first-order valence-electron chi connectivity index (χ1n) is 8.16. The minimum atomic E-state index is -1.13. The van der Waals surface area contributed by atoms with Crippen molar-refractivity contribution in [2.45, 2.75) is 6.92 Å². The standard InChI is InChI=1S/C20H15ClN2O4S/c1-11-22-18(19(27)12-3-6-14(21)7-4-12)20(28-11)15-10-23(2)16(24)9-13(15)5-8-17(25)26/h3-10H,1-2H3,(H,25,26). The van der Waals surface area contributed by atoms with Crippen LogP contribution in [0.15, 0.2) is 47.4 Å². The number of benzene rings is 1. The van der Waals surface area contributed by atoms with Crippen LogP contribution in [0.2, 0.25) is 5.02 Å². The Kier molecular flexibility index (Phi) is 5.58. The highest BCUT2D eigenvalue weighted by molar-refractivity contribution is 7.15. The SMILES string of the molecule is Cc1nc(C(=O)c2ccc(Cl)cc2)c(-c2cn(C)c(=O)cc2C=CC(=O)O)s1. The number of carboxylic acids is 1. The van der Waals surface area contributed by atoms with Crippen LogP contribution in [0.5, 0.6) is 0 Å². The van der Waals surface area contributed by atoms with Gasteiger partial charge in [-0.05, 0) is 42.8 Å². The fourth-order valence-electron chi connectivity index (χ4n) is 2.63. The first kappa shape index (κ1) is 19.7. The molecule has 28 heavy (non-hydrogen) atoms. The van der Waals surface area contributed by atoms with E-state index in [1.54, 1.807) is 44.4 Å². The summed E-state index contributed by atoms with van der Waals surface area (Å²) in [5.41, 5.74) is 1.35. The van der Waals surface area contributed by atoms with E-state index in [9.17, 15) is 14.4 Å². The molecule has 2 heterocycles. The van der Waals surface area contributed by atoms with E-state index < -0.39 is 5.97 Å². The van der Waals surface area contributed by atoms with E-state index in [0.717, 1.165) is 6.08 Å². The molecule has 0 aliphatic heterocycles. The Labute approximate surface area is 169 Å². The lowest BCUT2D eigenvalue weighted by atomic mass is 10.0. The van der Waals surface area contributed by atoms with E-state index in [1.165, 1.54) is 28.0 Å². The van der Waals surface area contributed by atoms with Crippen LogP contribution < -0.4 is 5.56 Å². The number of ketones is 1. The highest BCUT2D eigenvalue weighted by atomic mass is 35.5. The van der Waals surface area contributed by atoms with Gasteiger partial charge < -0.3 is 9.67 Å². The lowest BCUT2D eigenvalue weighted by Gasteiger charge is -2.08. The molecule has 3 rings (SSSR count). The zero-order chi connectivity index (χ0) is 20.4.